The molecule has 0 saturated heterocycles. The maximum atomic E-state index is 13.1. The fourth-order valence-electron chi connectivity index (χ4n) is 4.20. The molecular weight excluding hydrogens is 440 g/mol. The van der Waals surface area contributed by atoms with Crippen LogP contribution >= 0.6 is 0 Å². The number of aromatic hydroxyl groups is 2. The van der Waals surface area contributed by atoms with Crippen LogP contribution in [0.25, 0.3) is 21.9 Å². The Morgan fingerprint density at radius 3 is 2.27 bits per heavy atom. The lowest BCUT2D eigenvalue weighted by Crippen LogP contribution is -2.56. The van der Waals surface area contributed by atoms with Crippen LogP contribution in [0, 0.1) is 5.92 Å². The molecule has 6 N–H and O–H groups in total. The van der Waals surface area contributed by atoms with Gasteiger partial charge in [-0.2, -0.15) is 0 Å². The van der Waals surface area contributed by atoms with E-state index in [2.05, 4.69) is 0 Å². The molecule has 11 heteroatoms. The van der Waals surface area contributed by atoms with Crippen LogP contribution in [-0.4, -0.2) is 75.9 Å². The van der Waals surface area contributed by atoms with E-state index in [0.717, 1.165) is 6.07 Å². The van der Waals surface area contributed by atoms with Gasteiger partial charge in [-0.25, -0.2) is 0 Å². The van der Waals surface area contributed by atoms with Crippen LogP contribution in [0.3, 0.4) is 0 Å². The van der Waals surface area contributed by atoms with Gasteiger partial charge in [0.25, 0.3) is 0 Å². The number of aliphatic hydroxyl groups excluding tert-OH is 4. The Morgan fingerprint density at radius 1 is 0.939 bits per heavy atom. The minimum Gasteiger partial charge on any atom is -0.507 e. The first-order valence-corrected chi connectivity index (χ1v) is 10.1. The summed E-state index contributed by atoms with van der Waals surface area (Å²) >= 11 is 0. The van der Waals surface area contributed by atoms with Gasteiger partial charge in [0, 0.05) is 18.6 Å². The highest BCUT2D eigenvalue weighted by Crippen LogP contribution is 2.44. The highest BCUT2D eigenvalue weighted by atomic mass is 16.5. The van der Waals surface area contributed by atoms with E-state index in [1.54, 1.807) is 0 Å². The maximum absolute atomic E-state index is 13.1. The lowest BCUT2D eigenvalue weighted by molar-refractivity contribution is -0.157. The predicted octanol–water partition coefficient (Wildman–Crippen LogP) is 0.217. The predicted molar refractivity (Wildman–Crippen MR) is 114 cm³/mol. The number of hydrogen-bond donors (Lipinski definition) is 6. The fourth-order valence-corrected chi connectivity index (χ4v) is 4.20. The van der Waals surface area contributed by atoms with Crippen molar-refractivity contribution in [2.45, 2.75) is 30.8 Å². The quantitative estimate of drug-likeness (QED) is 0.284. The largest absolute Gasteiger partial charge is 0.507 e. The van der Waals surface area contributed by atoms with Crippen LogP contribution in [0.5, 0.6) is 28.7 Å². The van der Waals surface area contributed by atoms with Gasteiger partial charge in [-0.3, -0.25) is 4.79 Å². The van der Waals surface area contributed by atoms with Gasteiger partial charge < -0.3 is 49.3 Å². The highest BCUT2D eigenvalue weighted by molar-refractivity contribution is 6.00. The first-order valence-electron chi connectivity index (χ1n) is 10.1. The van der Waals surface area contributed by atoms with Gasteiger partial charge in [-0.15, -0.1) is 0 Å². The van der Waals surface area contributed by atoms with Crippen LogP contribution in [0.1, 0.15) is 6.42 Å². The second-order valence-electron chi connectivity index (χ2n) is 7.86. The van der Waals surface area contributed by atoms with Gasteiger partial charge in [0.05, 0.1) is 20.3 Å². The first kappa shape index (κ1) is 22.9. The molecule has 11 nitrogen and oxygen atoms in total. The molecule has 33 heavy (non-hydrogen) atoms. The molecule has 1 aliphatic carbocycles. The van der Waals surface area contributed by atoms with Crippen molar-refractivity contribution in [1.82, 2.24) is 0 Å². The van der Waals surface area contributed by atoms with E-state index in [9.17, 15) is 35.4 Å². The molecule has 0 amide bonds. The van der Waals surface area contributed by atoms with E-state index < -0.39 is 48.1 Å². The Morgan fingerprint density at radius 2 is 1.64 bits per heavy atom. The number of rotatable bonds is 5. The van der Waals surface area contributed by atoms with Gasteiger partial charge in [0.2, 0.25) is 11.2 Å². The highest BCUT2D eigenvalue weighted by Gasteiger charge is 2.44. The Hall–Kier alpha value is -3.25. The van der Waals surface area contributed by atoms with Crippen molar-refractivity contribution < 1.29 is 49.3 Å². The van der Waals surface area contributed by atoms with Crippen LogP contribution in [-0.2, 0) is 0 Å². The van der Waals surface area contributed by atoms with Gasteiger partial charge in [0.15, 0.2) is 22.7 Å². The number of phenolic OH excluding ortho intramolecular Hbond substituents is 2. The molecule has 1 aliphatic rings. The lowest BCUT2D eigenvalue weighted by atomic mass is 9.81. The van der Waals surface area contributed by atoms with Crippen molar-refractivity contribution in [2.75, 3.05) is 20.8 Å². The van der Waals surface area contributed by atoms with Crippen molar-refractivity contribution in [3.05, 3.63) is 28.4 Å². The molecule has 3 aromatic rings. The van der Waals surface area contributed by atoms with Crippen molar-refractivity contribution in [1.29, 1.82) is 0 Å². The zero-order valence-corrected chi connectivity index (χ0v) is 17.8. The van der Waals surface area contributed by atoms with Gasteiger partial charge in [-0.05, 0) is 18.6 Å². The summed E-state index contributed by atoms with van der Waals surface area (Å²) in [7, 11) is 2.63. The summed E-state index contributed by atoms with van der Waals surface area (Å²) < 4.78 is 22.2. The fraction of sp³-hybridized carbons (Fsp3) is 0.409. The number of ether oxygens (including phenoxy) is 3. The lowest BCUT2D eigenvalue weighted by Gasteiger charge is -2.39. The van der Waals surface area contributed by atoms with Gasteiger partial charge in [0.1, 0.15) is 40.6 Å². The van der Waals surface area contributed by atoms with Crippen LogP contribution < -0.4 is 19.6 Å². The third-order valence-electron chi connectivity index (χ3n) is 5.97. The average Bonchev–Trinajstić information content (AvgIpc) is 2.79. The topological polar surface area (TPSA) is 179 Å². The van der Waals surface area contributed by atoms with E-state index in [0.29, 0.717) is 0 Å². The third kappa shape index (κ3) is 3.59. The monoisotopic (exact) mass is 464 g/mol. The molecule has 0 aliphatic heterocycles. The minimum absolute atomic E-state index is 0.0127. The molecule has 1 fully saturated rings. The molecular formula is C22H24O11. The zero-order chi connectivity index (χ0) is 24.0. The number of methoxy groups -OCH3 is 2. The second kappa shape index (κ2) is 8.60. The van der Waals surface area contributed by atoms with Crippen molar-refractivity contribution in [3.63, 3.8) is 0 Å². The molecule has 4 rings (SSSR count). The molecule has 1 saturated carbocycles. The van der Waals surface area contributed by atoms with E-state index in [4.69, 9.17) is 18.6 Å². The van der Waals surface area contributed by atoms with Crippen molar-refractivity contribution in [2.24, 2.45) is 5.92 Å². The summed E-state index contributed by atoms with van der Waals surface area (Å²) in [6.45, 7) is -0.449. The Labute approximate surface area is 186 Å². The van der Waals surface area contributed by atoms with Crippen molar-refractivity contribution >= 4 is 21.9 Å². The van der Waals surface area contributed by atoms with Crippen LogP contribution in [0.4, 0.5) is 0 Å². The minimum atomic E-state index is -1.57. The SMILES string of the molecule is COc1ccc(O)c2c(=O)c3c(O)cc(OC4CC(CO)C(O)C(O)C4O)c(OC)c3oc12. The number of fused-ring (bicyclic) bond motifs is 2. The summed E-state index contributed by atoms with van der Waals surface area (Å²) in [6, 6.07) is 3.75. The molecule has 1 heterocycles. The maximum Gasteiger partial charge on any atom is 0.208 e. The first-order chi connectivity index (χ1) is 15.7. The van der Waals surface area contributed by atoms with E-state index in [1.165, 1.54) is 26.4 Å². The van der Waals surface area contributed by atoms with E-state index in [-0.39, 0.29) is 51.4 Å². The number of phenols is 2. The molecule has 0 bridgehead atoms. The number of aliphatic hydroxyl groups is 4. The number of benzene rings is 2. The summed E-state index contributed by atoms with van der Waals surface area (Å²) in [6.07, 6.45) is -5.53. The molecule has 0 spiro atoms. The smallest absolute Gasteiger partial charge is 0.208 e. The molecule has 5 atom stereocenters. The summed E-state index contributed by atoms with van der Waals surface area (Å²) in [4.78, 5) is 13.1. The standard InChI is InChI=1S/C22H24O11/c1-30-11-4-3-9(24)14-18(28)15-10(25)6-13(21(31-2)22(15)33-20(11)14)32-12-5-8(7-23)16(26)19(29)17(12)27/h3-4,6,8,12,16-17,19,23-27,29H,5,7H2,1-2H3. The molecule has 1 aromatic heterocycles. The molecule has 5 unspecified atom stereocenters. The van der Waals surface area contributed by atoms with Gasteiger partial charge in [-0.1, -0.05) is 0 Å². The third-order valence-corrected chi connectivity index (χ3v) is 5.97. The van der Waals surface area contributed by atoms with Gasteiger partial charge >= 0.3 is 0 Å². The second-order valence-corrected chi connectivity index (χ2v) is 7.86. The van der Waals surface area contributed by atoms with E-state index in [1.807, 2.05) is 0 Å². The Kier molecular flexibility index (Phi) is 5.97. The van der Waals surface area contributed by atoms with Crippen LogP contribution in [0.2, 0.25) is 0 Å². The Balaban J connectivity index is 1.90. The molecule has 0 radical (unpaired) electrons. The Bertz CT molecular complexity index is 1250. The van der Waals surface area contributed by atoms with Crippen LogP contribution in [0.15, 0.2) is 27.4 Å². The summed E-state index contributed by atoms with van der Waals surface area (Å²) in [5, 5.41) is 60.3. The summed E-state index contributed by atoms with van der Waals surface area (Å²) in [5.74, 6) is -1.73. The molecule has 2 aromatic carbocycles. The normalized spacial score (nSPS) is 25.3. The summed E-state index contributed by atoms with van der Waals surface area (Å²) in [5.41, 5.74) is -1.01. The molecule has 178 valence electrons. The average molecular weight is 464 g/mol. The van der Waals surface area contributed by atoms with Crippen molar-refractivity contribution in [3.8, 4) is 28.7 Å². The number of hydrogen-bond acceptors (Lipinski definition) is 11. The zero-order valence-electron chi connectivity index (χ0n) is 17.8. The van der Waals surface area contributed by atoms with E-state index >= 15 is 0 Å².